The van der Waals surface area contributed by atoms with Gasteiger partial charge >= 0.3 is 0 Å². The second-order valence-corrected chi connectivity index (χ2v) is 5.43. The molecule has 0 saturated heterocycles. The molecule has 100 valence electrons. The maximum Gasteiger partial charge on any atom is 0.130 e. The Balaban J connectivity index is 1.61. The number of benzene rings is 2. The number of nitrogens with one attached hydrogen (secondary N) is 1. The van der Waals surface area contributed by atoms with Crippen molar-refractivity contribution in [1.82, 2.24) is 0 Å². The molecule has 0 radical (unpaired) electrons. The van der Waals surface area contributed by atoms with Crippen LogP contribution in [0.2, 0.25) is 0 Å². The van der Waals surface area contributed by atoms with Gasteiger partial charge in [0.1, 0.15) is 11.9 Å². The Labute approximate surface area is 119 Å². The van der Waals surface area contributed by atoms with E-state index in [-0.39, 0.29) is 12.1 Å². The first kappa shape index (κ1) is 11.6. The van der Waals surface area contributed by atoms with Crippen molar-refractivity contribution < 1.29 is 4.74 Å². The number of rotatable bonds is 2. The van der Waals surface area contributed by atoms with Gasteiger partial charge in [0.25, 0.3) is 0 Å². The topological polar surface area (TPSA) is 21.3 Å². The zero-order valence-electron chi connectivity index (χ0n) is 11.2. The molecule has 2 aromatic rings. The summed E-state index contributed by atoms with van der Waals surface area (Å²) in [4.78, 5) is 0. The molecule has 1 heterocycles. The molecule has 20 heavy (non-hydrogen) atoms. The van der Waals surface area contributed by atoms with Gasteiger partial charge in [-0.25, -0.2) is 0 Å². The summed E-state index contributed by atoms with van der Waals surface area (Å²) in [6.07, 6.45) is 5.76. The van der Waals surface area contributed by atoms with Crippen LogP contribution in [0.15, 0.2) is 66.7 Å². The summed E-state index contributed by atoms with van der Waals surface area (Å²) >= 11 is 0. The molecule has 2 aromatic carbocycles. The number of anilines is 1. The number of hydrogen-bond donors (Lipinski definition) is 1. The first-order valence-corrected chi connectivity index (χ1v) is 7.16. The number of fused-ring (bicyclic) bond motifs is 3. The fraction of sp³-hybridized carbons (Fsp3) is 0.222. The molecule has 0 bridgehead atoms. The minimum atomic E-state index is 0.192. The number of allylic oxidation sites excluding steroid dienone is 1. The van der Waals surface area contributed by atoms with Crippen LogP contribution in [-0.2, 0) is 0 Å². The molecule has 0 spiro atoms. The molecule has 3 atom stereocenters. The molecule has 0 amide bonds. The quantitative estimate of drug-likeness (QED) is 0.828. The van der Waals surface area contributed by atoms with Crippen LogP contribution in [-0.4, -0.2) is 12.1 Å². The number of hydrogen-bond acceptors (Lipinski definition) is 2. The normalized spacial score (nSPS) is 26.5. The largest absolute Gasteiger partial charge is 0.487 e. The van der Waals surface area contributed by atoms with Crippen LogP contribution < -0.4 is 10.1 Å². The van der Waals surface area contributed by atoms with E-state index in [1.807, 2.05) is 12.1 Å². The van der Waals surface area contributed by atoms with Gasteiger partial charge in [-0.05, 0) is 24.6 Å². The van der Waals surface area contributed by atoms with Crippen molar-refractivity contribution in [2.45, 2.75) is 24.5 Å². The molecule has 2 aliphatic rings. The lowest BCUT2D eigenvalue weighted by Gasteiger charge is -2.30. The molecule has 1 N–H and O–H groups in total. The Bertz CT molecular complexity index is 635. The molecule has 1 aliphatic heterocycles. The van der Waals surface area contributed by atoms with Crippen LogP contribution in [0, 0.1) is 0 Å². The van der Waals surface area contributed by atoms with Crippen molar-refractivity contribution in [1.29, 1.82) is 0 Å². The predicted molar refractivity (Wildman–Crippen MR) is 81.2 cm³/mol. The molecule has 0 aromatic heterocycles. The fourth-order valence-electron chi connectivity index (χ4n) is 3.22. The smallest absolute Gasteiger partial charge is 0.130 e. The summed E-state index contributed by atoms with van der Waals surface area (Å²) < 4.78 is 6.18. The average molecular weight is 263 g/mol. The third-order valence-electron chi connectivity index (χ3n) is 4.17. The van der Waals surface area contributed by atoms with Crippen LogP contribution >= 0.6 is 0 Å². The Morgan fingerprint density at radius 2 is 1.75 bits per heavy atom. The van der Waals surface area contributed by atoms with Crippen LogP contribution in [0.1, 0.15) is 17.9 Å². The highest BCUT2D eigenvalue weighted by Crippen LogP contribution is 2.43. The lowest BCUT2D eigenvalue weighted by Crippen LogP contribution is -2.39. The van der Waals surface area contributed by atoms with Gasteiger partial charge in [-0.1, -0.05) is 48.6 Å². The van der Waals surface area contributed by atoms with E-state index in [4.69, 9.17) is 4.74 Å². The lowest BCUT2D eigenvalue weighted by molar-refractivity contribution is 0.191. The van der Waals surface area contributed by atoms with Gasteiger partial charge in [-0.2, -0.15) is 0 Å². The van der Waals surface area contributed by atoms with Crippen LogP contribution in [0.5, 0.6) is 5.75 Å². The maximum atomic E-state index is 6.18. The van der Waals surface area contributed by atoms with Crippen molar-refractivity contribution in [2.75, 3.05) is 5.32 Å². The summed E-state index contributed by atoms with van der Waals surface area (Å²) in [6, 6.07) is 19.0. The SMILES string of the molecule is C1=CC(Nc2ccccc2)C2Oc3ccccc3C2C1. The predicted octanol–water partition coefficient (Wildman–Crippen LogP) is 3.97. The van der Waals surface area contributed by atoms with Crippen molar-refractivity contribution in [2.24, 2.45) is 0 Å². The van der Waals surface area contributed by atoms with E-state index in [0.29, 0.717) is 5.92 Å². The Morgan fingerprint density at radius 1 is 0.950 bits per heavy atom. The van der Waals surface area contributed by atoms with Gasteiger partial charge in [0.05, 0.1) is 6.04 Å². The summed E-state index contributed by atoms with van der Waals surface area (Å²) in [5.41, 5.74) is 2.49. The molecule has 2 heteroatoms. The fourth-order valence-corrected chi connectivity index (χ4v) is 3.22. The zero-order chi connectivity index (χ0) is 13.4. The summed E-state index contributed by atoms with van der Waals surface area (Å²) in [5, 5.41) is 3.58. The highest BCUT2D eigenvalue weighted by molar-refractivity contribution is 5.49. The van der Waals surface area contributed by atoms with Crippen LogP contribution in [0.4, 0.5) is 5.69 Å². The first-order valence-electron chi connectivity index (χ1n) is 7.16. The van der Waals surface area contributed by atoms with Crippen LogP contribution in [0.25, 0.3) is 0 Å². The zero-order valence-corrected chi connectivity index (χ0v) is 11.2. The van der Waals surface area contributed by atoms with Gasteiger partial charge in [0, 0.05) is 17.2 Å². The van der Waals surface area contributed by atoms with Crippen molar-refractivity contribution in [3.8, 4) is 5.75 Å². The second-order valence-electron chi connectivity index (χ2n) is 5.43. The minimum absolute atomic E-state index is 0.192. The van der Waals surface area contributed by atoms with Gasteiger partial charge < -0.3 is 10.1 Å². The lowest BCUT2D eigenvalue weighted by atomic mass is 9.84. The highest BCUT2D eigenvalue weighted by atomic mass is 16.5. The molecular weight excluding hydrogens is 246 g/mol. The molecule has 3 unspecified atom stereocenters. The molecule has 4 rings (SSSR count). The van der Waals surface area contributed by atoms with E-state index in [1.165, 1.54) is 5.56 Å². The Kier molecular flexibility index (Phi) is 2.73. The Hall–Kier alpha value is -2.22. The van der Waals surface area contributed by atoms with Gasteiger partial charge in [0.15, 0.2) is 0 Å². The van der Waals surface area contributed by atoms with E-state index >= 15 is 0 Å². The first-order chi connectivity index (χ1) is 9.92. The van der Waals surface area contributed by atoms with Gasteiger partial charge in [-0.3, -0.25) is 0 Å². The van der Waals surface area contributed by atoms with E-state index in [1.54, 1.807) is 0 Å². The third-order valence-corrected chi connectivity index (χ3v) is 4.17. The minimum Gasteiger partial charge on any atom is -0.487 e. The van der Waals surface area contributed by atoms with E-state index < -0.39 is 0 Å². The Morgan fingerprint density at radius 3 is 2.65 bits per heavy atom. The maximum absolute atomic E-state index is 6.18. The summed E-state index contributed by atoms with van der Waals surface area (Å²) in [5.74, 6) is 1.52. The summed E-state index contributed by atoms with van der Waals surface area (Å²) in [7, 11) is 0. The van der Waals surface area contributed by atoms with Crippen LogP contribution in [0.3, 0.4) is 0 Å². The number of para-hydroxylation sites is 2. The highest BCUT2D eigenvalue weighted by Gasteiger charge is 2.39. The van der Waals surface area contributed by atoms with E-state index in [0.717, 1.165) is 17.9 Å². The molecule has 0 fully saturated rings. The monoisotopic (exact) mass is 263 g/mol. The van der Waals surface area contributed by atoms with E-state index in [9.17, 15) is 0 Å². The van der Waals surface area contributed by atoms with Gasteiger partial charge in [-0.15, -0.1) is 0 Å². The van der Waals surface area contributed by atoms with Crippen molar-refractivity contribution >= 4 is 5.69 Å². The number of ether oxygens (including phenoxy) is 1. The summed E-state index contributed by atoms with van der Waals surface area (Å²) in [6.45, 7) is 0. The molecule has 0 saturated carbocycles. The standard InChI is InChI=1S/C18H17NO/c1-2-7-13(8-3-1)19-16-11-6-10-15-14-9-4-5-12-17(14)20-18(15)16/h1-9,11-12,15-16,18-19H,10H2. The average Bonchev–Trinajstić information content (AvgIpc) is 2.88. The van der Waals surface area contributed by atoms with E-state index in [2.05, 4.69) is 59.9 Å². The molecule has 2 nitrogen and oxygen atoms in total. The third kappa shape index (κ3) is 1.88. The molecular formula is C18H17NO. The van der Waals surface area contributed by atoms with Crippen molar-refractivity contribution in [3.05, 3.63) is 72.3 Å². The second kappa shape index (κ2) is 4.71. The molecule has 1 aliphatic carbocycles. The van der Waals surface area contributed by atoms with Gasteiger partial charge in [0.2, 0.25) is 0 Å². The van der Waals surface area contributed by atoms with Crippen molar-refractivity contribution in [3.63, 3.8) is 0 Å².